The van der Waals surface area contributed by atoms with Crippen molar-refractivity contribution < 1.29 is 19.5 Å². The lowest BCUT2D eigenvalue weighted by atomic mass is 9.90. The van der Waals surface area contributed by atoms with Crippen molar-refractivity contribution in [3.05, 3.63) is 0 Å². The topological polar surface area (TPSA) is 104 Å². The van der Waals surface area contributed by atoms with Gasteiger partial charge in [0.25, 0.3) is 0 Å². The number of nitrogens with two attached hydrogens (primary N) is 1. The van der Waals surface area contributed by atoms with Crippen LogP contribution in [0.15, 0.2) is 0 Å². The number of hydrogen-bond acceptors (Lipinski definition) is 3. The fourth-order valence-electron chi connectivity index (χ4n) is 2.96. The molecule has 0 spiro atoms. The van der Waals surface area contributed by atoms with Gasteiger partial charge in [-0.2, -0.15) is 0 Å². The Morgan fingerprint density at radius 3 is 2.50 bits per heavy atom. The molecule has 0 radical (unpaired) electrons. The van der Waals surface area contributed by atoms with Crippen LogP contribution in [0.3, 0.4) is 0 Å². The fraction of sp³-hybridized carbons (Fsp3) is 0.769. The van der Waals surface area contributed by atoms with Crippen molar-refractivity contribution in [2.24, 2.45) is 17.1 Å². The largest absolute Gasteiger partial charge is 0.481 e. The summed E-state index contributed by atoms with van der Waals surface area (Å²) in [7, 11) is 0. The minimum absolute atomic E-state index is 0.0547. The molecule has 2 saturated heterocycles. The molecule has 2 unspecified atom stereocenters. The van der Waals surface area contributed by atoms with Gasteiger partial charge in [-0.15, -0.1) is 0 Å². The number of carboxylic acids is 1. The third kappa shape index (κ3) is 2.71. The van der Waals surface area contributed by atoms with Crippen molar-refractivity contribution in [1.29, 1.82) is 0 Å². The lowest BCUT2D eigenvalue weighted by molar-refractivity contribution is -0.147. The van der Waals surface area contributed by atoms with E-state index in [0.29, 0.717) is 26.1 Å². The number of carboxylic acid groups (broad SMARTS) is 1. The van der Waals surface area contributed by atoms with Gasteiger partial charge < -0.3 is 20.6 Å². The fourth-order valence-corrected chi connectivity index (χ4v) is 2.96. The summed E-state index contributed by atoms with van der Waals surface area (Å²) in [6, 6.07) is -0.501. The van der Waals surface area contributed by atoms with Gasteiger partial charge in [-0.05, 0) is 26.2 Å². The molecule has 112 valence electrons. The predicted molar refractivity (Wildman–Crippen MR) is 70.8 cm³/mol. The number of carbonyl (C=O) groups is 3. The number of primary amides is 1. The van der Waals surface area contributed by atoms with E-state index in [1.165, 1.54) is 4.90 Å². The number of urea groups is 1. The third-order valence-corrected chi connectivity index (χ3v) is 4.38. The van der Waals surface area contributed by atoms with Crippen LogP contribution >= 0.6 is 0 Å². The van der Waals surface area contributed by atoms with Gasteiger partial charge in [-0.25, -0.2) is 4.79 Å². The van der Waals surface area contributed by atoms with Crippen LogP contribution in [0.1, 0.15) is 26.2 Å². The molecule has 3 amide bonds. The highest BCUT2D eigenvalue weighted by molar-refractivity contribution is 5.83. The Morgan fingerprint density at radius 1 is 1.25 bits per heavy atom. The predicted octanol–water partition coefficient (Wildman–Crippen LogP) is 0.100. The maximum absolute atomic E-state index is 12.4. The van der Waals surface area contributed by atoms with E-state index in [-0.39, 0.29) is 18.4 Å². The second-order valence-corrected chi connectivity index (χ2v) is 6.00. The molecule has 0 saturated carbocycles. The van der Waals surface area contributed by atoms with Crippen molar-refractivity contribution in [3.63, 3.8) is 0 Å². The third-order valence-electron chi connectivity index (χ3n) is 4.38. The van der Waals surface area contributed by atoms with Crippen LogP contribution in [0.2, 0.25) is 0 Å². The number of carbonyl (C=O) groups excluding carboxylic acids is 2. The zero-order valence-electron chi connectivity index (χ0n) is 11.7. The number of aliphatic carboxylic acids is 1. The number of rotatable bonds is 2. The molecule has 3 N–H and O–H groups in total. The molecule has 0 aromatic carbocycles. The van der Waals surface area contributed by atoms with E-state index in [4.69, 9.17) is 5.73 Å². The van der Waals surface area contributed by atoms with Crippen LogP contribution in [0.25, 0.3) is 0 Å². The standard InChI is InChI=1S/C13H21N3O4/c1-13(11(18)19)4-6-16(8-13)10(17)9-3-2-5-15(7-9)12(14)20/h9H,2-8H2,1H3,(H2,14,20)(H,18,19). The van der Waals surface area contributed by atoms with Gasteiger partial charge >= 0.3 is 12.0 Å². The van der Waals surface area contributed by atoms with Gasteiger partial charge in [0.05, 0.1) is 11.3 Å². The number of piperidine rings is 1. The van der Waals surface area contributed by atoms with Gasteiger partial charge in [0.1, 0.15) is 0 Å². The van der Waals surface area contributed by atoms with E-state index < -0.39 is 17.4 Å². The van der Waals surface area contributed by atoms with E-state index in [0.717, 1.165) is 12.8 Å². The first-order valence-electron chi connectivity index (χ1n) is 6.90. The Bertz CT molecular complexity index is 435. The average molecular weight is 283 g/mol. The maximum Gasteiger partial charge on any atom is 0.314 e. The van der Waals surface area contributed by atoms with Crippen LogP contribution in [0.5, 0.6) is 0 Å². The average Bonchev–Trinajstić information content (AvgIpc) is 2.82. The van der Waals surface area contributed by atoms with Crippen molar-refractivity contribution in [2.45, 2.75) is 26.2 Å². The summed E-state index contributed by atoms with van der Waals surface area (Å²) >= 11 is 0. The minimum Gasteiger partial charge on any atom is -0.481 e. The molecule has 0 aromatic heterocycles. The van der Waals surface area contributed by atoms with E-state index in [2.05, 4.69) is 0 Å². The second kappa shape index (κ2) is 5.30. The summed E-state index contributed by atoms with van der Waals surface area (Å²) < 4.78 is 0. The minimum atomic E-state index is -0.866. The van der Waals surface area contributed by atoms with Crippen molar-refractivity contribution in [1.82, 2.24) is 9.80 Å². The van der Waals surface area contributed by atoms with Gasteiger partial charge in [-0.3, -0.25) is 9.59 Å². The van der Waals surface area contributed by atoms with Crippen molar-refractivity contribution in [2.75, 3.05) is 26.2 Å². The van der Waals surface area contributed by atoms with E-state index in [9.17, 15) is 19.5 Å². The number of amides is 3. The first kappa shape index (κ1) is 14.6. The molecular formula is C13H21N3O4. The Hall–Kier alpha value is -1.79. The number of likely N-dealkylation sites (tertiary alicyclic amines) is 2. The van der Waals surface area contributed by atoms with Crippen LogP contribution in [0, 0.1) is 11.3 Å². The lowest BCUT2D eigenvalue weighted by Crippen LogP contribution is -2.48. The van der Waals surface area contributed by atoms with Crippen LogP contribution in [-0.2, 0) is 9.59 Å². The quantitative estimate of drug-likeness (QED) is 0.750. The van der Waals surface area contributed by atoms with Crippen LogP contribution in [0.4, 0.5) is 4.79 Å². The first-order chi connectivity index (χ1) is 9.33. The Labute approximate surface area is 117 Å². The lowest BCUT2D eigenvalue weighted by Gasteiger charge is -2.33. The highest BCUT2D eigenvalue weighted by atomic mass is 16.4. The zero-order valence-corrected chi connectivity index (χ0v) is 11.7. The SMILES string of the molecule is CC1(C(=O)O)CCN(C(=O)C2CCCN(C(N)=O)C2)C1. The van der Waals surface area contributed by atoms with Crippen LogP contribution in [-0.4, -0.2) is 59.0 Å². The molecule has 2 aliphatic heterocycles. The van der Waals surface area contributed by atoms with E-state index in [1.54, 1.807) is 11.8 Å². The molecule has 2 fully saturated rings. The number of nitrogens with zero attached hydrogens (tertiary/aromatic N) is 2. The van der Waals surface area contributed by atoms with Crippen molar-refractivity contribution >= 4 is 17.9 Å². The molecule has 2 aliphatic rings. The molecule has 7 nitrogen and oxygen atoms in total. The Kier molecular flexibility index (Phi) is 3.87. The van der Waals surface area contributed by atoms with Crippen molar-refractivity contribution in [3.8, 4) is 0 Å². The second-order valence-electron chi connectivity index (χ2n) is 6.00. The summed E-state index contributed by atoms with van der Waals surface area (Å²) in [4.78, 5) is 37.9. The van der Waals surface area contributed by atoms with Gasteiger partial charge in [0.15, 0.2) is 0 Å². The zero-order chi connectivity index (χ0) is 14.9. The molecule has 2 heterocycles. The Morgan fingerprint density at radius 2 is 1.95 bits per heavy atom. The molecule has 0 bridgehead atoms. The highest BCUT2D eigenvalue weighted by Gasteiger charge is 2.43. The van der Waals surface area contributed by atoms with Crippen LogP contribution < -0.4 is 5.73 Å². The highest BCUT2D eigenvalue weighted by Crippen LogP contribution is 2.32. The summed E-state index contributed by atoms with van der Waals surface area (Å²) in [6.07, 6.45) is 1.95. The normalized spacial score (nSPS) is 30.4. The smallest absolute Gasteiger partial charge is 0.314 e. The van der Waals surface area contributed by atoms with Gasteiger partial charge in [0, 0.05) is 26.2 Å². The molecule has 0 aliphatic carbocycles. The van der Waals surface area contributed by atoms with Gasteiger partial charge in [-0.1, -0.05) is 0 Å². The van der Waals surface area contributed by atoms with Gasteiger partial charge in [0.2, 0.25) is 5.91 Å². The summed E-state index contributed by atoms with van der Waals surface area (Å²) in [5, 5.41) is 9.19. The summed E-state index contributed by atoms with van der Waals surface area (Å²) in [5.74, 6) is -1.18. The summed E-state index contributed by atoms with van der Waals surface area (Å²) in [5.41, 5.74) is 4.40. The monoisotopic (exact) mass is 283 g/mol. The molecule has 0 aromatic rings. The molecular weight excluding hydrogens is 262 g/mol. The molecule has 7 heteroatoms. The molecule has 20 heavy (non-hydrogen) atoms. The maximum atomic E-state index is 12.4. The van der Waals surface area contributed by atoms with E-state index >= 15 is 0 Å². The number of hydrogen-bond donors (Lipinski definition) is 2. The van der Waals surface area contributed by atoms with E-state index in [1.807, 2.05) is 0 Å². The Balaban J connectivity index is 1.98. The summed E-state index contributed by atoms with van der Waals surface area (Å²) in [6.45, 7) is 3.31. The first-order valence-corrected chi connectivity index (χ1v) is 6.90. The molecule has 2 atom stereocenters. The molecule has 2 rings (SSSR count).